The van der Waals surface area contributed by atoms with Gasteiger partial charge in [0.1, 0.15) is 5.75 Å². The van der Waals surface area contributed by atoms with Crippen LogP contribution in [-0.4, -0.2) is 5.97 Å². The number of terminal acetylenes is 2. The lowest BCUT2D eigenvalue weighted by Crippen LogP contribution is -2.10. The quantitative estimate of drug-likeness (QED) is 0.216. The number of hydrogen-bond acceptors (Lipinski definition) is 2. The lowest BCUT2D eigenvalue weighted by molar-refractivity contribution is 0.0739. The van der Waals surface area contributed by atoms with Gasteiger partial charge in [0.2, 0.25) is 0 Å². The summed E-state index contributed by atoms with van der Waals surface area (Å²) in [6, 6.07) is 22.5. The second kappa shape index (κ2) is 6.71. The topological polar surface area (TPSA) is 26.3 Å². The second-order valence-electron chi connectivity index (χ2n) is 6.12. The van der Waals surface area contributed by atoms with E-state index < -0.39 is 5.97 Å². The Morgan fingerprint density at radius 1 is 0.741 bits per heavy atom. The molecule has 126 valence electrons. The Morgan fingerprint density at radius 2 is 1.26 bits per heavy atom. The maximum Gasteiger partial charge on any atom is 0.344 e. The third-order valence-corrected chi connectivity index (χ3v) is 4.43. The zero-order valence-electron chi connectivity index (χ0n) is 14.4. The van der Waals surface area contributed by atoms with Crippen LogP contribution in [0.3, 0.4) is 0 Å². The van der Waals surface area contributed by atoms with Crippen LogP contribution < -0.4 is 4.74 Å². The van der Waals surface area contributed by atoms with Crippen LogP contribution in [0.1, 0.15) is 21.5 Å². The van der Waals surface area contributed by atoms with Crippen LogP contribution in [0, 0.1) is 24.7 Å². The number of ether oxygens (including phenoxy) is 1. The number of fused-ring (bicyclic) bond motifs is 2. The monoisotopic (exact) mass is 346 g/mol. The van der Waals surface area contributed by atoms with E-state index in [1.165, 1.54) is 0 Å². The second-order valence-corrected chi connectivity index (χ2v) is 6.12. The third kappa shape index (κ3) is 3.01. The molecule has 2 nitrogen and oxygen atoms in total. The highest BCUT2D eigenvalue weighted by atomic mass is 16.5. The summed E-state index contributed by atoms with van der Waals surface area (Å²) in [6.45, 7) is 0. The molecule has 0 radical (unpaired) electrons. The summed E-state index contributed by atoms with van der Waals surface area (Å²) >= 11 is 0. The van der Waals surface area contributed by atoms with Gasteiger partial charge in [0.15, 0.2) is 0 Å². The molecule has 0 bridgehead atoms. The first kappa shape index (κ1) is 16.5. The van der Waals surface area contributed by atoms with E-state index in [2.05, 4.69) is 17.9 Å². The average molecular weight is 346 g/mol. The molecule has 4 rings (SSSR count). The van der Waals surface area contributed by atoms with Crippen molar-refractivity contribution in [2.24, 2.45) is 0 Å². The molecule has 0 aliphatic carbocycles. The number of esters is 1. The Labute approximate surface area is 157 Å². The largest absolute Gasteiger partial charge is 0.423 e. The molecule has 0 aliphatic rings. The SMILES string of the molecule is C#Cc1cc(C#C)cc(OC(=O)c2c3ccccc3cc3ccccc23)c1. The van der Waals surface area contributed by atoms with Crippen LogP contribution in [0.2, 0.25) is 0 Å². The van der Waals surface area contributed by atoms with Gasteiger partial charge in [-0.05, 0) is 45.8 Å². The van der Waals surface area contributed by atoms with Crippen LogP contribution in [0.4, 0.5) is 0 Å². The fourth-order valence-electron chi connectivity index (χ4n) is 3.22. The molecule has 0 unspecified atom stereocenters. The fraction of sp³-hybridized carbons (Fsp3) is 0. The molecular formula is C25H14O2. The molecule has 4 aromatic carbocycles. The molecule has 27 heavy (non-hydrogen) atoms. The standard InChI is InChI=1S/C25H14O2/c1-3-17-13-18(4-2)15-21(14-17)27-25(26)24-22-11-7-5-9-19(22)16-20-10-6-8-12-23(20)24/h1-2,5-16H. The van der Waals surface area contributed by atoms with Crippen molar-refractivity contribution < 1.29 is 9.53 Å². The van der Waals surface area contributed by atoms with Crippen molar-refractivity contribution in [3.8, 4) is 30.4 Å². The lowest BCUT2D eigenvalue weighted by atomic mass is 9.97. The minimum absolute atomic E-state index is 0.334. The van der Waals surface area contributed by atoms with Crippen molar-refractivity contribution in [2.75, 3.05) is 0 Å². The van der Waals surface area contributed by atoms with Gasteiger partial charge in [-0.15, -0.1) is 12.8 Å². The molecule has 0 aromatic heterocycles. The highest BCUT2D eigenvalue weighted by Crippen LogP contribution is 2.30. The Bertz CT molecular complexity index is 1200. The first-order valence-corrected chi connectivity index (χ1v) is 8.40. The summed E-state index contributed by atoms with van der Waals surface area (Å²) in [4.78, 5) is 13.1. The predicted octanol–water partition coefficient (Wildman–Crippen LogP) is 5.17. The number of carbonyl (C=O) groups excluding carboxylic acids is 1. The summed E-state index contributed by atoms with van der Waals surface area (Å²) in [5.74, 6) is 4.94. The van der Waals surface area contributed by atoms with Crippen LogP contribution in [0.15, 0.2) is 72.8 Å². The summed E-state index contributed by atoms with van der Waals surface area (Å²) in [6.07, 6.45) is 10.9. The molecular weight excluding hydrogens is 332 g/mol. The van der Waals surface area contributed by atoms with Crippen LogP contribution in [0.5, 0.6) is 5.75 Å². The lowest BCUT2D eigenvalue weighted by Gasteiger charge is -2.12. The van der Waals surface area contributed by atoms with Gasteiger partial charge >= 0.3 is 5.97 Å². The minimum Gasteiger partial charge on any atom is -0.423 e. The molecule has 0 saturated carbocycles. The molecule has 0 N–H and O–H groups in total. The van der Waals surface area contributed by atoms with E-state index in [-0.39, 0.29) is 0 Å². The van der Waals surface area contributed by atoms with Gasteiger partial charge in [-0.2, -0.15) is 0 Å². The molecule has 0 fully saturated rings. The van der Waals surface area contributed by atoms with Gasteiger partial charge < -0.3 is 4.74 Å². The van der Waals surface area contributed by atoms with Gasteiger partial charge in [0, 0.05) is 11.1 Å². The van der Waals surface area contributed by atoms with Crippen molar-refractivity contribution in [1.29, 1.82) is 0 Å². The van der Waals surface area contributed by atoms with Gasteiger partial charge in [-0.25, -0.2) is 4.79 Å². The van der Waals surface area contributed by atoms with Crippen LogP contribution in [0.25, 0.3) is 21.5 Å². The Kier molecular flexibility index (Phi) is 4.09. The van der Waals surface area contributed by atoms with E-state index >= 15 is 0 Å². The van der Waals surface area contributed by atoms with Gasteiger partial charge in [0.25, 0.3) is 0 Å². The number of carbonyl (C=O) groups is 1. The highest BCUT2D eigenvalue weighted by molar-refractivity contribution is 6.17. The van der Waals surface area contributed by atoms with E-state index in [1.54, 1.807) is 18.2 Å². The first-order valence-electron chi connectivity index (χ1n) is 8.40. The zero-order chi connectivity index (χ0) is 18.8. The molecule has 0 amide bonds. The third-order valence-electron chi connectivity index (χ3n) is 4.43. The van der Waals surface area contributed by atoms with Gasteiger partial charge in [-0.1, -0.05) is 60.4 Å². The van der Waals surface area contributed by atoms with Crippen molar-refractivity contribution in [3.63, 3.8) is 0 Å². The van der Waals surface area contributed by atoms with E-state index in [0.717, 1.165) is 21.5 Å². The maximum absolute atomic E-state index is 13.1. The molecule has 0 aliphatic heterocycles. The smallest absolute Gasteiger partial charge is 0.344 e. The Balaban J connectivity index is 1.88. The van der Waals surface area contributed by atoms with Gasteiger partial charge in [-0.3, -0.25) is 0 Å². The molecule has 2 heteroatoms. The van der Waals surface area contributed by atoms with Crippen molar-refractivity contribution in [2.45, 2.75) is 0 Å². The summed E-state index contributed by atoms with van der Waals surface area (Å²) in [5, 5.41) is 3.63. The predicted molar refractivity (Wildman–Crippen MR) is 109 cm³/mol. The van der Waals surface area contributed by atoms with Crippen molar-refractivity contribution in [1.82, 2.24) is 0 Å². The van der Waals surface area contributed by atoms with E-state index in [0.29, 0.717) is 22.4 Å². The average Bonchev–Trinajstić information content (AvgIpc) is 2.71. The summed E-state index contributed by atoms with van der Waals surface area (Å²) in [5.41, 5.74) is 1.66. The van der Waals surface area contributed by atoms with E-state index in [1.807, 2.05) is 48.5 Å². The minimum atomic E-state index is -0.444. The van der Waals surface area contributed by atoms with Crippen LogP contribution >= 0.6 is 0 Å². The maximum atomic E-state index is 13.1. The molecule has 4 aromatic rings. The Morgan fingerprint density at radius 3 is 1.78 bits per heavy atom. The summed E-state index contributed by atoms with van der Waals surface area (Å²) in [7, 11) is 0. The first-order chi connectivity index (χ1) is 13.2. The number of hydrogen-bond donors (Lipinski definition) is 0. The zero-order valence-corrected chi connectivity index (χ0v) is 14.4. The molecule has 0 atom stereocenters. The number of rotatable bonds is 2. The molecule has 0 saturated heterocycles. The summed E-state index contributed by atoms with van der Waals surface area (Å²) < 4.78 is 5.67. The van der Waals surface area contributed by atoms with E-state index in [9.17, 15) is 4.79 Å². The van der Waals surface area contributed by atoms with Crippen molar-refractivity contribution in [3.05, 3.63) is 89.5 Å². The highest BCUT2D eigenvalue weighted by Gasteiger charge is 2.17. The number of benzene rings is 4. The van der Waals surface area contributed by atoms with Gasteiger partial charge in [0.05, 0.1) is 5.56 Å². The molecule has 0 heterocycles. The fourth-order valence-corrected chi connectivity index (χ4v) is 3.22. The Hall–Kier alpha value is -4.01. The van der Waals surface area contributed by atoms with Crippen molar-refractivity contribution >= 4 is 27.5 Å². The van der Waals surface area contributed by atoms with Crippen LogP contribution in [-0.2, 0) is 0 Å². The molecule has 0 spiro atoms. The van der Waals surface area contributed by atoms with E-state index in [4.69, 9.17) is 17.6 Å². The normalized spacial score (nSPS) is 10.3.